The van der Waals surface area contributed by atoms with Crippen molar-refractivity contribution in [3.05, 3.63) is 76.3 Å². The van der Waals surface area contributed by atoms with E-state index >= 15 is 0 Å². The number of fused-ring (bicyclic) bond motifs is 1. The van der Waals surface area contributed by atoms with Crippen molar-refractivity contribution in [2.45, 2.75) is 32.1 Å². The average molecular weight is 393 g/mol. The summed E-state index contributed by atoms with van der Waals surface area (Å²) in [5.74, 6) is 3.22. The Morgan fingerprint density at radius 3 is 2.93 bits per heavy atom. The highest BCUT2D eigenvalue weighted by Crippen LogP contribution is 2.36. The Labute approximate surface area is 166 Å². The molecule has 4 rings (SSSR count). The van der Waals surface area contributed by atoms with Gasteiger partial charge in [-0.15, -0.1) is 0 Å². The number of aryl methyl sites for hydroxylation is 2. The summed E-state index contributed by atoms with van der Waals surface area (Å²) in [6.45, 7) is 1.89. The molecule has 0 atom stereocenters. The van der Waals surface area contributed by atoms with E-state index in [0.29, 0.717) is 16.9 Å². The van der Waals surface area contributed by atoms with Gasteiger partial charge in [0.25, 0.3) is 11.8 Å². The van der Waals surface area contributed by atoms with E-state index in [9.17, 15) is 13.6 Å². The Balaban J connectivity index is 1.56. The Morgan fingerprint density at radius 2 is 2.14 bits per heavy atom. The van der Waals surface area contributed by atoms with Gasteiger partial charge in [0.1, 0.15) is 5.76 Å². The molecule has 1 aliphatic rings. The zero-order chi connectivity index (χ0) is 20.4. The van der Waals surface area contributed by atoms with Crippen molar-refractivity contribution in [3.8, 4) is 11.8 Å². The number of rotatable bonds is 2. The molecule has 2 aromatic heterocycles. The number of alkyl halides is 2. The molecule has 29 heavy (non-hydrogen) atoms. The van der Waals surface area contributed by atoms with E-state index < -0.39 is 18.3 Å². The topological polar surface area (TPSA) is 68.0 Å². The first-order valence-electron chi connectivity index (χ1n) is 9.11. The zero-order valence-corrected chi connectivity index (χ0v) is 15.6. The van der Waals surface area contributed by atoms with Gasteiger partial charge in [0, 0.05) is 53.9 Å². The molecular formula is C22H17F2N3O2. The molecule has 1 N–H and O–H groups in total. The summed E-state index contributed by atoms with van der Waals surface area (Å²) in [7, 11) is 0. The summed E-state index contributed by atoms with van der Waals surface area (Å²) < 4.78 is 32.6. The number of nitrogens with one attached hydrogen (secondary N) is 1. The molecule has 0 radical (unpaired) electrons. The largest absolute Gasteiger partial charge is 0.359 e. The molecule has 2 heterocycles. The summed E-state index contributed by atoms with van der Waals surface area (Å²) >= 11 is 0. The van der Waals surface area contributed by atoms with E-state index in [1.54, 1.807) is 36.7 Å². The van der Waals surface area contributed by atoms with Crippen LogP contribution in [0, 0.1) is 18.8 Å². The minimum absolute atomic E-state index is 0.0490. The van der Waals surface area contributed by atoms with Gasteiger partial charge in [0.2, 0.25) is 0 Å². The smallest absolute Gasteiger partial charge is 0.256 e. The second-order valence-electron chi connectivity index (χ2n) is 6.94. The highest BCUT2D eigenvalue weighted by Gasteiger charge is 2.38. The van der Waals surface area contributed by atoms with Crippen LogP contribution in [0.3, 0.4) is 0 Å². The van der Waals surface area contributed by atoms with E-state index in [-0.39, 0.29) is 24.2 Å². The van der Waals surface area contributed by atoms with Gasteiger partial charge in [-0.3, -0.25) is 9.78 Å². The van der Waals surface area contributed by atoms with E-state index in [0.717, 1.165) is 11.1 Å². The van der Waals surface area contributed by atoms with Crippen LogP contribution < -0.4 is 5.32 Å². The summed E-state index contributed by atoms with van der Waals surface area (Å²) in [4.78, 5) is 16.7. The van der Waals surface area contributed by atoms with Gasteiger partial charge in [-0.25, -0.2) is 8.78 Å². The van der Waals surface area contributed by atoms with Crippen LogP contribution in [0.4, 0.5) is 14.6 Å². The van der Waals surface area contributed by atoms with Crippen LogP contribution in [-0.4, -0.2) is 22.0 Å². The van der Waals surface area contributed by atoms with Crippen LogP contribution in [0.15, 0.2) is 47.2 Å². The fraction of sp³-hybridized carbons (Fsp3) is 0.227. The number of hydrogen-bond donors (Lipinski definition) is 1. The predicted molar refractivity (Wildman–Crippen MR) is 103 cm³/mol. The van der Waals surface area contributed by atoms with Gasteiger partial charge >= 0.3 is 0 Å². The van der Waals surface area contributed by atoms with Crippen molar-refractivity contribution in [1.82, 2.24) is 10.1 Å². The lowest BCUT2D eigenvalue weighted by molar-refractivity contribution is -0.0145. The summed E-state index contributed by atoms with van der Waals surface area (Å²) in [5.41, 5.74) is 2.98. The fourth-order valence-electron chi connectivity index (χ4n) is 3.12. The summed E-state index contributed by atoms with van der Waals surface area (Å²) in [5, 5.41) is 6.36. The maximum atomic E-state index is 13.7. The van der Waals surface area contributed by atoms with Crippen LogP contribution in [0.2, 0.25) is 0 Å². The van der Waals surface area contributed by atoms with Gasteiger partial charge in [0.15, 0.2) is 5.82 Å². The molecule has 146 valence electrons. The first-order chi connectivity index (χ1) is 13.9. The van der Waals surface area contributed by atoms with Crippen molar-refractivity contribution >= 4 is 11.7 Å². The van der Waals surface area contributed by atoms with Crippen molar-refractivity contribution in [1.29, 1.82) is 0 Å². The third-order valence-corrected chi connectivity index (χ3v) is 4.76. The molecule has 0 fully saturated rings. The summed E-state index contributed by atoms with van der Waals surface area (Å²) in [6, 6.07) is 8.74. The van der Waals surface area contributed by atoms with Gasteiger partial charge in [-0.2, -0.15) is 0 Å². The number of anilines is 1. The van der Waals surface area contributed by atoms with E-state index in [1.165, 1.54) is 0 Å². The van der Waals surface area contributed by atoms with Gasteiger partial charge in [-0.1, -0.05) is 23.1 Å². The second-order valence-corrected chi connectivity index (χ2v) is 6.94. The third-order valence-electron chi connectivity index (χ3n) is 4.76. The number of carbonyl (C=O) groups excluding carboxylic acids is 1. The van der Waals surface area contributed by atoms with Crippen molar-refractivity contribution in [2.24, 2.45) is 0 Å². The molecule has 0 spiro atoms. The molecule has 0 aliphatic heterocycles. The standard InChI is InChI=1S/C22H17F2N3O2/c1-14-4-6-17(11-16(14)7-5-15-3-2-10-25-13-15)21(28)26-20-18-12-22(23,24)9-8-19(18)29-27-20/h2-4,6,10-11,13H,8-9,12H2,1H3,(H,26,27,28). The van der Waals surface area contributed by atoms with Crippen LogP contribution >= 0.6 is 0 Å². The molecular weight excluding hydrogens is 376 g/mol. The monoisotopic (exact) mass is 393 g/mol. The molecule has 0 saturated heterocycles. The van der Waals surface area contributed by atoms with Crippen LogP contribution in [0.1, 0.15) is 44.8 Å². The molecule has 7 heteroatoms. The van der Waals surface area contributed by atoms with E-state index in [4.69, 9.17) is 4.52 Å². The van der Waals surface area contributed by atoms with E-state index in [2.05, 4.69) is 27.3 Å². The van der Waals surface area contributed by atoms with Crippen LogP contribution in [-0.2, 0) is 12.8 Å². The van der Waals surface area contributed by atoms with Crippen LogP contribution in [0.25, 0.3) is 0 Å². The minimum atomic E-state index is -2.82. The molecule has 1 amide bonds. The third kappa shape index (κ3) is 4.16. The molecule has 0 saturated carbocycles. The quantitative estimate of drug-likeness (QED) is 0.664. The molecule has 1 aliphatic carbocycles. The molecule has 5 nitrogen and oxygen atoms in total. The minimum Gasteiger partial charge on any atom is -0.359 e. The summed E-state index contributed by atoms with van der Waals surface area (Å²) in [6.07, 6.45) is 2.66. The average Bonchev–Trinajstić information content (AvgIpc) is 3.08. The maximum absolute atomic E-state index is 13.7. The number of nitrogens with zero attached hydrogens (tertiary/aromatic N) is 2. The second kappa shape index (κ2) is 7.47. The van der Waals surface area contributed by atoms with Crippen LogP contribution in [0.5, 0.6) is 0 Å². The van der Waals surface area contributed by atoms with E-state index in [1.807, 2.05) is 13.0 Å². The predicted octanol–water partition coefficient (Wildman–Crippen LogP) is 4.15. The number of hydrogen-bond acceptors (Lipinski definition) is 4. The number of pyridine rings is 1. The molecule has 1 aromatic carbocycles. The number of amides is 1. The number of aromatic nitrogens is 2. The van der Waals surface area contributed by atoms with Crippen molar-refractivity contribution < 1.29 is 18.1 Å². The first-order valence-corrected chi connectivity index (χ1v) is 9.11. The SMILES string of the molecule is Cc1ccc(C(=O)Nc2noc3c2CC(F)(F)CC3)cc1C#Cc1cccnc1. The van der Waals surface area contributed by atoms with Crippen molar-refractivity contribution in [3.63, 3.8) is 0 Å². The Morgan fingerprint density at radius 1 is 1.28 bits per heavy atom. The lowest BCUT2D eigenvalue weighted by Gasteiger charge is -2.20. The highest BCUT2D eigenvalue weighted by atomic mass is 19.3. The zero-order valence-electron chi connectivity index (χ0n) is 15.6. The van der Waals surface area contributed by atoms with Gasteiger partial charge in [0.05, 0.1) is 0 Å². The molecule has 0 unspecified atom stereocenters. The lowest BCUT2D eigenvalue weighted by Crippen LogP contribution is -2.26. The number of carbonyl (C=O) groups is 1. The normalized spacial score (nSPS) is 14.4. The Kier molecular flexibility index (Phi) is 4.85. The maximum Gasteiger partial charge on any atom is 0.256 e. The lowest BCUT2D eigenvalue weighted by atomic mass is 9.94. The number of benzene rings is 1. The fourth-order valence-corrected chi connectivity index (χ4v) is 3.12. The molecule has 0 bridgehead atoms. The first kappa shape index (κ1) is 18.8. The van der Waals surface area contributed by atoms with Gasteiger partial charge < -0.3 is 9.84 Å². The molecule has 3 aromatic rings. The Bertz CT molecular complexity index is 1130. The number of halogens is 2. The van der Waals surface area contributed by atoms with Crippen molar-refractivity contribution in [2.75, 3.05) is 5.32 Å². The highest BCUT2D eigenvalue weighted by molar-refractivity contribution is 6.04. The van der Waals surface area contributed by atoms with Gasteiger partial charge in [-0.05, 0) is 36.8 Å². The Hall–Kier alpha value is -3.53.